The Kier molecular flexibility index (Phi) is 3.33. The van der Waals surface area contributed by atoms with E-state index in [-0.39, 0.29) is 5.60 Å². The molecule has 2 aliphatic rings. The van der Waals surface area contributed by atoms with Crippen molar-refractivity contribution in [3.8, 4) is 0 Å². The Morgan fingerprint density at radius 3 is 2.40 bits per heavy atom. The fourth-order valence-corrected chi connectivity index (χ4v) is 2.66. The van der Waals surface area contributed by atoms with Gasteiger partial charge in [-0.2, -0.15) is 0 Å². The molecule has 0 spiro atoms. The molecule has 3 nitrogen and oxygen atoms in total. The highest BCUT2D eigenvalue weighted by Crippen LogP contribution is 2.27. The van der Waals surface area contributed by atoms with E-state index in [0.29, 0.717) is 0 Å². The third kappa shape index (κ3) is 2.71. The SMILES string of the molecule is COC(C)(C)CCN1C[C@H]2CNC[C@H]2C1. The molecule has 2 aliphatic heterocycles. The van der Waals surface area contributed by atoms with Crippen molar-refractivity contribution in [3.05, 3.63) is 0 Å². The highest BCUT2D eigenvalue weighted by Gasteiger charge is 2.36. The number of hydrogen-bond donors (Lipinski definition) is 1. The second-order valence-electron chi connectivity index (χ2n) is 5.65. The Morgan fingerprint density at radius 1 is 1.27 bits per heavy atom. The van der Waals surface area contributed by atoms with Gasteiger partial charge < -0.3 is 15.0 Å². The first-order valence-corrected chi connectivity index (χ1v) is 6.09. The molecule has 0 aromatic heterocycles. The van der Waals surface area contributed by atoms with Crippen LogP contribution in [0, 0.1) is 11.8 Å². The van der Waals surface area contributed by atoms with Crippen LogP contribution in [0.3, 0.4) is 0 Å². The fourth-order valence-electron chi connectivity index (χ4n) is 2.66. The monoisotopic (exact) mass is 212 g/mol. The summed E-state index contributed by atoms with van der Waals surface area (Å²) in [6.07, 6.45) is 1.14. The zero-order chi connectivity index (χ0) is 10.9. The minimum Gasteiger partial charge on any atom is -0.379 e. The topological polar surface area (TPSA) is 24.5 Å². The van der Waals surface area contributed by atoms with Gasteiger partial charge in [0, 0.05) is 26.7 Å². The van der Waals surface area contributed by atoms with E-state index in [2.05, 4.69) is 24.1 Å². The molecule has 0 saturated carbocycles. The number of hydrogen-bond acceptors (Lipinski definition) is 3. The van der Waals surface area contributed by atoms with Crippen LogP contribution >= 0.6 is 0 Å². The lowest BCUT2D eigenvalue weighted by Gasteiger charge is -2.26. The third-order valence-electron chi connectivity index (χ3n) is 4.05. The van der Waals surface area contributed by atoms with Crippen molar-refractivity contribution in [1.29, 1.82) is 0 Å². The van der Waals surface area contributed by atoms with Gasteiger partial charge in [-0.25, -0.2) is 0 Å². The number of ether oxygens (including phenoxy) is 1. The Bertz CT molecular complexity index is 206. The first-order chi connectivity index (χ1) is 7.11. The number of fused-ring (bicyclic) bond motifs is 1. The second-order valence-corrected chi connectivity index (χ2v) is 5.65. The van der Waals surface area contributed by atoms with Gasteiger partial charge in [-0.05, 0) is 45.2 Å². The van der Waals surface area contributed by atoms with Gasteiger partial charge in [0.25, 0.3) is 0 Å². The quantitative estimate of drug-likeness (QED) is 0.751. The summed E-state index contributed by atoms with van der Waals surface area (Å²) in [5.74, 6) is 1.83. The number of rotatable bonds is 4. The molecule has 2 heterocycles. The molecule has 0 amide bonds. The summed E-state index contributed by atoms with van der Waals surface area (Å²) in [7, 11) is 1.81. The predicted octanol–water partition coefficient (Wildman–Crippen LogP) is 0.953. The number of methoxy groups -OCH3 is 1. The highest BCUT2D eigenvalue weighted by molar-refractivity contribution is 4.91. The van der Waals surface area contributed by atoms with Crippen LogP contribution in [0.2, 0.25) is 0 Å². The van der Waals surface area contributed by atoms with Crippen LogP contribution in [-0.2, 0) is 4.74 Å². The van der Waals surface area contributed by atoms with Gasteiger partial charge in [-0.15, -0.1) is 0 Å². The molecule has 2 saturated heterocycles. The lowest BCUT2D eigenvalue weighted by Crippen LogP contribution is -2.32. The minimum atomic E-state index is 0.0376. The smallest absolute Gasteiger partial charge is 0.0634 e. The first kappa shape index (κ1) is 11.4. The van der Waals surface area contributed by atoms with Crippen molar-refractivity contribution < 1.29 is 4.74 Å². The summed E-state index contributed by atoms with van der Waals surface area (Å²) in [5.41, 5.74) is 0.0376. The molecule has 0 bridgehead atoms. The van der Waals surface area contributed by atoms with E-state index in [1.807, 2.05) is 7.11 Å². The molecule has 0 aromatic carbocycles. The number of likely N-dealkylation sites (tertiary alicyclic amines) is 1. The molecule has 0 aliphatic carbocycles. The second kappa shape index (κ2) is 4.40. The number of nitrogens with zero attached hydrogens (tertiary/aromatic N) is 1. The van der Waals surface area contributed by atoms with Crippen LogP contribution in [0.25, 0.3) is 0 Å². The van der Waals surface area contributed by atoms with Crippen LogP contribution < -0.4 is 5.32 Å². The molecule has 0 aromatic rings. The molecule has 0 radical (unpaired) electrons. The first-order valence-electron chi connectivity index (χ1n) is 6.09. The molecular weight excluding hydrogens is 188 g/mol. The zero-order valence-electron chi connectivity index (χ0n) is 10.3. The van der Waals surface area contributed by atoms with Gasteiger partial charge in [0.05, 0.1) is 5.60 Å². The molecule has 1 N–H and O–H groups in total. The van der Waals surface area contributed by atoms with Crippen molar-refractivity contribution in [2.45, 2.75) is 25.9 Å². The van der Waals surface area contributed by atoms with Gasteiger partial charge >= 0.3 is 0 Å². The van der Waals surface area contributed by atoms with Crippen molar-refractivity contribution >= 4 is 0 Å². The van der Waals surface area contributed by atoms with Crippen LogP contribution in [0.1, 0.15) is 20.3 Å². The van der Waals surface area contributed by atoms with Gasteiger partial charge in [0.1, 0.15) is 0 Å². The van der Waals surface area contributed by atoms with E-state index in [9.17, 15) is 0 Å². The number of nitrogens with one attached hydrogen (secondary N) is 1. The molecule has 88 valence electrons. The lowest BCUT2D eigenvalue weighted by atomic mass is 10.0. The Morgan fingerprint density at radius 2 is 1.87 bits per heavy atom. The van der Waals surface area contributed by atoms with Crippen LogP contribution in [-0.4, -0.2) is 50.3 Å². The molecule has 15 heavy (non-hydrogen) atoms. The standard InChI is InChI=1S/C12H24N2O/c1-12(2,15-3)4-5-14-8-10-6-13-7-11(10)9-14/h10-11,13H,4-9H2,1-3H3/t10-,11+. The molecule has 2 atom stereocenters. The summed E-state index contributed by atoms with van der Waals surface area (Å²) >= 11 is 0. The summed E-state index contributed by atoms with van der Waals surface area (Å²) in [6, 6.07) is 0. The van der Waals surface area contributed by atoms with E-state index < -0.39 is 0 Å². The van der Waals surface area contributed by atoms with E-state index in [4.69, 9.17) is 4.74 Å². The average molecular weight is 212 g/mol. The lowest BCUT2D eigenvalue weighted by molar-refractivity contribution is 0.00856. The zero-order valence-corrected chi connectivity index (χ0v) is 10.3. The van der Waals surface area contributed by atoms with Crippen molar-refractivity contribution in [2.75, 3.05) is 39.8 Å². The van der Waals surface area contributed by atoms with Crippen molar-refractivity contribution in [1.82, 2.24) is 10.2 Å². The Labute approximate surface area is 93.2 Å². The summed E-state index contributed by atoms with van der Waals surface area (Å²) in [5, 5.41) is 3.48. The molecule has 2 fully saturated rings. The summed E-state index contributed by atoms with van der Waals surface area (Å²) in [6.45, 7) is 10.6. The van der Waals surface area contributed by atoms with E-state index in [1.54, 1.807) is 0 Å². The van der Waals surface area contributed by atoms with E-state index in [1.165, 1.54) is 32.7 Å². The van der Waals surface area contributed by atoms with Crippen LogP contribution in [0.15, 0.2) is 0 Å². The van der Waals surface area contributed by atoms with Crippen LogP contribution in [0.5, 0.6) is 0 Å². The largest absolute Gasteiger partial charge is 0.379 e. The maximum atomic E-state index is 5.45. The van der Waals surface area contributed by atoms with Crippen LogP contribution in [0.4, 0.5) is 0 Å². The van der Waals surface area contributed by atoms with Crippen molar-refractivity contribution in [3.63, 3.8) is 0 Å². The van der Waals surface area contributed by atoms with Gasteiger partial charge in [-0.1, -0.05) is 0 Å². The van der Waals surface area contributed by atoms with Gasteiger partial charge in [0.2, 0.25) is 0 Å². The average Bonchev–Trinajstić information content (AvgIpc) is 2.74. The minimum absolute atomic E-state index is 0.0376. The Balaban J connectivity index is 1.73. The molecule has 2 rings (SSSR count). The maximum Gasteiger partial charge on any atom is 0.0634 e. The normalized spacial score (nSPS) is 32.2. The maximum absolute atomic E-state index is 5.45. The van der Waals surface area contributed by atoms with Crippen molar-refractivity contribution in [2.24, 2.45) is 11.8 Å². The molecule has 3 heteroatoms. The summed E-state index contributed by atoms with van der Waals surface area (Å²) < 4.78 is 5.45. The van der Waals surface area contributed by atoms with Gasteiger partial charge in [0.15, 0.2) is 0 Å². The fraction of sp³-hybridized carbons (Fsp3) is 1.00. The molecule has 0 unspecified atom stereocenters. The third-order valence-corrected chi connectivity index (χ3v) is 4.05. The van der Waals surface area contributed by atoms with Gasteiger partial charge in [-0.3, -0.25) is 0 Å². The predicted molar refractivity (Wildman–Crippen MR) is 62.0 cm³/mol. The summed E-state index contributed by atoms with van der Waals surface area (Å²) in [4.78, 5) is 2.61. The van der Waals surface area contributed by atoms with E-state index in [0.717, 1.165) is 18.3 Å². The molecular formula is C12H24N2O. The highest BCUT2D eigenvalue weighted by atomic mass is 16.5. The Hall–Kier alpha value is -0.120. The van der Waals surface area contributed by atoms with E-state index >= 15 is 0 Å².